The Morgan fingerprint density at radius 1 is 1.30 bits per heavy atom. The molecule has 0 aliphatic heterocycles. The van der Waals surface area contributed by atoms with Crippen molar-refractivity contribution in [2.75, 3.05) is 18.6 Å². The van der Waals surface area contributed by atoms with E-state index in [2.05, 4.69) is 10.2 Å². The van der Waals surface area contributed by atoms with Crippen LogP contribution in [0.3, 0.4) is 0 Å². The zero-order valence-electron chi connectivity index (χ0n) is 15.1. The first kappa shape index (κ1) is 19.4. The highest BCUT2D eigenvalue weighted by Crippen LogP contribution is 2.20. The van der Waals surface area contributed by atoms with Crippen LogP contribution in [0.15, 0.2) is 40.9 Å². The van der Waals surface area contributed by atoms with Gasteiger partial charge in [-0.1, -0.05) is 23.9 Å². The predicted molar refractivity (Wildman–Crippen MR) is 106 cm³/mol. The van der Waals surface area contributed by atoms with Gasteiger partial charge in [0, 0.05) is 18.3 Å². The molecule has 0 fully saturated rings. The van der Waals surface area contributed by atoms with Gasteiger partial charge in [0.15, 0.2) is 5.82 Å². The fourth-order valence-electron chi connectivity index (χ4n) is 2.42. The molecule has 1 aromatic carbocycles. The molecule has 0 aliphatic rings. The number of halogens is 1. The third-order valence-electron chi connectivity index (χ3n) is 4.11. The highest BCUT2D eigenvalue weighted by atomic mass is 32.2. The summed E-state index contributed by atoms with van der Waals surface area (Å²) in [6.07, 6.45) is 0.440. The number of hydrogen-bond acceptors (Lipinski definition) is 6. The van der Waals surface area contributed by atoms with Crippen LogP contribution in [0, 0.1) is 12.7 Å². The Hall–Kier alpha value is -2.39. The number of nitrogens with two attached hydrogens (primary N) is 1. The molecule has 142 valence electrons. The van der Waals surface area contributed by atoms with Crippen LogP contribution in [0.1, 0.15) is 21.8 Å². The Morgan fingerprint density at radius 2 is 2.04 bits per heavy atom. The summed E-state index contributed by atoms with van der Waals surface area (Å²) in [4.78, 5) is 15.2. The lowest BCUT2D eigenvalue weighted by molar-refractivity contribution is -0.127. The molecule has 3 aromatic rings. The van der Waals surface area contributed by atoms with E-state index in [1.54, 1.807) is 35.4 Å². The van der Waals surface area contributed by atoms with E-state index in [4.69, 9.17) is 5.84 Å². The first-order valence-electron chi connectivity index (χ1n) is 8.27. The number of nitrogen functional groups attached to an aromatic ring is 1. The van der Waals surface area contributed by atoms with Crippen molar-refractivity contribution in [1.82, 2.24) is 19.8 Å². The number of nitrogens with zero attached hydrogens (tertiary/aromatic N) is 4. The van der Waals surface area contributed by atoms with Gasteiger partial charge >= 0.3 is 0 Å². The van der Waals surface area contributed by atoms with Crippen LogP contribution in [0.25, 0.3) is 0 Å². The number of aromatic nitrogens is 3. The van der Waals surface area contributed by atoms with Crippen LogP contribution >= 0.6 is 23.1 Å². The third-order valence-corrected chi connectivity index (χ3v) is 6.05. The van der Waals surface area contributed by atoms with Gasteiger partial charge in [-0.05, 0) is 41.6 Å². The minimum atomic E-state index is -0.287. The van der Waals surface area contributed by atoms with Gasteiger partial charge in [-0.25, -0.2) is 9.07 Å². The fraction of sp³-hybridized carbons (Fsp3) is 0.278. The number of hydrogen-bond donors (Lipinski definition) is 1. The molecule has 2 N–H and O–H groups in total. The van der Waals surface area contributed by atoms with E-state index in [0.29, 0.717) is 23.9 Å². The minimum Gasteiger partial charge on any atom is -0.340 e. The Morgan fingerprint density at radius 3 is 2.70 bits per heavy atom. The molecule has 3 rings (SSSR count). The summed E-state index contributed by atoms with van der Waals surface area (Å²) in [5.74, 6) is 6.54. The Bertz CT molecular complexity index is 922. The number of carbonyl (C=O) groups is 1. The van der Waals surface area contributed by atoms with Gasteiger partial charge in [0.25, 0.3) is 0 Å². The van der Waals surface area contributed by atoms with Gasteiger partial charge in [0.1, 0.15) is 5.82 Å². The van der Waals surface area contributed by atoms with E-state index >= 15 is 0 Å². The molecule has 0 unspecified atom stereocenters. The summed E-state index contributed by atoms with van der Waals surface area (Å²) in [5, 5.41) is 10.6. The number of carbonyl (C=O) groups excluding carboxylic acids is 1. The summed E-state index contributed by atoms with van der Waals surface area (Å²) in [7, 11) is 1.79. The highest BCUT2D eigenvalue weighted by Gasteiger charge is 2.16. The summed E-state index contributed by atoms with van der Waals surface area (Å²) < 4.78 is 14.4. The number of aryl methyl sites for hydroxylation is 1. The summed E-state index contributed by atoms with van der Waals surface area (Å²) in [6.45, 7) is 2.63. The SMILES string of the molecule is Cc1ccsc1CN(C)C(=O)CSc1nnc(Cc2ccc(F)cc2)n1N. The second-order valence-corrected chi connectivity index (χ2v) is 8.08. The van der Waals surface area contributed by atoms with Crippen LogP contribution in [0.5, 0.6) is 0 Å². The van der Waals surface area contributed by atoms with Crippen LogP contribution in [0.2, 0.25) is 0 Å². The number of benzene rings is 1. The van der Waals surface area contributed by atoms with Crippen molar-refractivity contribution in [3.63, 3.8) is 0 Å². The predicted octanol–water partition coefficient (Wildman–Crippen LogP) is 2.84. The second kappa shape index (κ2) is 8.53. The average Bonchev–Trinajstić information content (AvgIpc) is 3.21. The zero-order valence-corrected chi connectivity index (χ0v) is 16.7. The van der Waals surface area contributed by atoms with Crippen molar-refractivity contribution in [2.24, 2.45) is 0 Å². The largest absolute Gasteiger partial charge is 0.340 e. The molecule has 0 spiro atoms. The molecule has 0 saturated heterocycles. The first-order chi connectivity index (χ1) is 12.9. The summed E-state index contributed by atoms with van der Waals surface area (Å²) >= 11 is 2.90. The Labute approximate surface area is 165 Å². The van der Waals surface area contributed by atoms with E-state index in [0.717, 1.165) is 5.56 Å². The van der Waals surface area contributed by atoms with E-state index in [-0.39, 0.29) is 17.5 Å². The van der Waals surface area contributed by atoms with Crippen molar-refractivity contribution < 1.29 is 9.18 Å². The highest BCUT2D eigenvalue weighted by molar-refractivity contribution is 7.99. The van der Waals surface area contributed by atoms with Gasteiger partial charge < -0.3 is 10.7 Å². The van der Waals surface area contributed by atoms with Gasteiger partial charge in [-0.15, -0.1) is 21.5 Å². The normalized spacial score (nSPS) is 10.9. The smallest absolute Gasteiger partial charge is 0.233 e. The molecule has 0 aliphatic carbocycles. The molecule has 0 saturated carbocycles. The lowest BCUT2D eigenvalue weighted by Crippen LogP contribution is -2.28. The van der Waals surface area contributed by atoms with Crippen molar-refractivity contribution in [2.45, 2.75) is 25.0 Å². The monoisotopic (exact) mass is 405 g/mol. The molecule has 6 nitrogen and oxygen atoms in total. The lowest BCUT2D eigenvalue weighted by atomic mass is 10.1. The number of amides is 1. The van der Waals surface area contributed by atoms with Gasteiger partial charge in [-0.3, -0.25) is 4.79 Å². The average molecular weight is 406 g/mol. The van der Waals surface area contributed by atoms with Crippen molar-refractivity contribution in [3.8, 4) is 0 Å². The fourth-order valence-corrected chi connectivity index (χ4v) is 4.19. The molecule has 1 amide bonds. The maximum absolute atomic E-state index is 13.0. The summed E-state index contributed by atoms with van der Waals surface area (Å²) in [5.41, 5.74) is 2.08. The van der Waals surface area contributed by atoms with Crippen molar-refractivity contribution >= 4 is 29.0 Å². The molecule has 9 heteroatoms. The lowest BCUT2D eigenvalue weighted by Gasteiger charge is -2.16. The minimum absolute atomic E-state index is 0.00381. The zero-order chi connectivity index (χ0) is 19.4. The standard InChI is InChI=1S/C18H20FN5OS2/c1-12-7-8-26-15(12)10-23(2)17(25)11-27-18-22-21-16(24(18)20)9-13-3-5-14(19)6-4-13/h3-8H,9-11,20H2,1-2H3. The van der Waals surface area contributed by atoms with Crippen LogP contribution in [-0.2, 0) is 17.8 Å². The van der Waals surface area contributed by atoms with E-state index in [1.807, 2.05) is 18.4 Å². The van der Waals surface area contributed by atoms with Crippen molar-refractivity contribution in [3.05, 3.63) is 63.4 Å². The topological polar surface area (TPSA) is 77.0 Å². The Balaban J connectivity index is 1.56. The van der Waals surface area contributed by atoms with Crippen LogP contribution in [-0.4, -0.2) is 38.5 Å². The molecule has 27 heavy (non-hydrogen) atoms. The van der Waals surface area contributed by atoms with E-state index < -0.39 is 0 Å². The second-order valence-electron chi connectivity index (χ2n) is 6.14. The number of thiophene rings is 1. The molecule has 2 heterocycles. The van der Waals surface area contributed by atoms with Crippen LogP contribution in [0.4, 0.5) is 4.39 Å². The molecular weight excluding hydrogens is 385 g/mol. The molecule has 0 radical (unpaired) electrons. The number of thioether (sulfide) groups is 1. The van der Waals surface area contributed by atoms with Crippen molar-refractivity contribution in [1.29, 1.82) is 0 Å². The number of rotatable bonds is 7. The van der Waals surface area contributed by atoms with Gasteiger partial charge in [0.2, 0.25) is 11.1 Å². The maximum Gasteiger partial charge on any atom is 0.233 e. The van der Waals surface area contributed by atoms with Gasteiger partial charge in [-0.2, -0.15) is 0 Å². The van der Waals surface area contributed by atoms with Gasteiger partial charge in [0.05, 0.1) is 12.3 Å². The van der Waals surface area contributed by atoms with E-state index in [9.17, 15) is 9.18 Å². The Kier molecular flexibility index (Phi) is 6.12. The first-order valence-corrected chi connectivity index (χ1v) is 10.1. The molecule has 0 atom stereocenters. The summed E-state index contributed by atoms with van der Waals surface area (Å²) in [6, 6.07) is 8.20. The molecular formula is C18H20FN5OS2. The third kappa shape index (κ3) is 4.86. The van der Waals surface area contributed by atoms with Crippen LogP contribution < -0.4 is 5.84 Å². The molecule has 0 bridgehead atoms. The molecule has 2 aromatic heterocycles. The maximum atomic E-state index is 13.0. The quantitative estimate of drug-likeness (QED) is 0.483. The van der Waals surface area contributed by atoms with E-state index in [1.165, 1.54) is 39.0 Å².